The van der Waals surface area contributed by atoms with Crippen LogP contribution >= 0.6 is 0 Å². The molecule has 0 fully saturated rings. The maximum Gasteiger partial charge on any atom is 0.274 e. The van der Waals surface area contributed by atoms with E-state index in [-0.39, 0.29) is 5.91 Å². The normalized spacial score (nSPS) is 10.4. The van der Waals surface area contributed by atoms with Crippen LogP contribution in [0.4, 0.5) is 17.1 Å². The predicted molar refractivity (Wildman–Crippen MR) is 114 cm³/mol. The molecule has 0 aliphatic carbocycles. The standard InChI is InChI=1S/C23H25N3O2/c1-4-26(19-8-6-7-17(3)15-19)20-13-14-24-22(16-20)23(27)25-18-9-11-21(12-10-18)28-5-2/h6-16H,4-5H2,1-3H3,(H,25,27). The first-order chi connectivity index (χ1) is 13.6. The molecule has 3 rings (SSSR count). The van der Waals surface area contributed by atoms with E-state index < -0.39 is 0 Å². The number of pyridine rings is 1. The van der Waals surface area contributed by atoms with E-state index in [2.05, 4.69) is 47.2 Å². The number of benzene rings is 2. The number of aromatic nitrogens is 1. The molecule has 0 aliphatic rings. The number of nitrogens with zero attached hydrogens (tertiary/aromatic N) is 2. The molecular weight excluding hydrogens is 350 g/mol. The van der Waals surface area contributed by atoms with E-state index in [1.807, 2.05) is 49.4 Å². The minimum absolute atomic E-state index is 0.244. The summed E-state index contributed by atoms with van der Waals surface area (Å²) >= 11 is 0. The fraction of sp³-hybridized carbons (Fsp3) is 0.217. The molecule has 28 heavy (non-hydrogen) atoms. The monoisotopic (exact) mass is 375 g/mol. The molecule has 1 N–H and O–H groups in total. The summed E-state index contributed by atoms with van der Waals surface area (Å²) in [6.45, 7) is 7.48. The third-order valence-electron chi connectivity index (χ3n) is 4.34. The first kappa shape index (κ1) is 19.4. The summed E-state index contributed by atoms with van der Waals surface area (Å²) in [6, 6.07) is 19.3. The van der Waals surface area contributed by atoms with E-state index in [0.29, 0.717) is 18.0 Å². The lowest BCUT2D eigenvalue weighted by molar-refractivity contribution is 0.102. The first-order valence-corrected chi connectivity index (χ1v) is 9.45. The molecule has 0 aliphatic heterocycles. The summed E-state index contributed by atoms with van der Waals surface area (Å²) in [4.78, 5) is 19.1. The number of carbonyl (C=O) groups excluding carboxylic acids is 1. The van der Waals surface area contributed by atoms with Gasteiger partial charge < -0.3 is 15.0 Å². The Balaban J connectivity index is 1.78. The van der Waals surface area contributed by atoms with Crippen molar-refractivity contribution < 1.29 is 9.53 Å². The van der Waals surface area contributed by atoms with Crippen LogP contribution in [-0.4, -0.2) is 24.0 Å². The van der Waals surface area contributed by atoms with E-state index >= 15 is 0 Å². The summed E-state index contributed by atoms with van der Waals surface area (Å²) < 4.78 is 5.42. The Morgan fingerprint density at radius 1 is 1.04 bits per heavy atom. The van der Waals surface area contributed by atoms with E-state index in [9.17, 15) is 4.79 Å². The molecule has 1 heterocycles. The van der Waals surface area contributed by atoms with Crippen LogP contribution in [0.15, 0.2) is 66.9 Å². The molecule has 5 nitrogen and oxygen atoms in total. The molecule has 1 aromatic heterocycles. The Labute approximate surface area is 166 Å². The molecule has 2 aromatic carbocycles. The zero-order valence-electron chi connectivity index (χ0n) is 16.5. The summed E-state index contributed by atoms with van der Waals surface area (Å²) in [5, 5.41) is 2.89. The van der Waals surface area contributed by atoms with Crippen molar-refractivity contribution >= 4 is 23.0 Å². The quantitative estimate of drug-likeness (QED) is 0.617. The van der Waals surface area contributed by atoms with Gasteiger partial charge >= 0.3 is 0 Å². The Morgan fingerprint density at radius 2 is 1.79 bits per heavy atom. The summed E-state index contributed by atoms with van der Waals surface area (Å²) in [5.41, 5.74) is 4.29. The molecule has 0 atom stereocenters. The topological polar surface area (TPSA) is 54.5 Å². The highest BCUT2D eigenvalue weighted by Crippen LogP contribution is 2.26. The van der Waals surface area contributed by atoms with Gasteiger partial charge in [0, 0.05) is 29.8 Å². The second-order valence-corrected chi connectivity index (χ2v) is 6.39. The van der Waals surface area contributed by atoms with Crippen molar-refractivity contribution in [3.05, 3.63) is 78.1 Å². The molecule has 3 aromatic rings. The average Bonchev–Trinajstić information content (AvgIpc) is 2.71. The van der Waals surface area contributed by atoms with Crippen LogP contribution in [0.1, 0.15) is 29.9 Å². The van der Waals surface area contributed by atoms with Crippen LogP contribution in [-0.2, 0) is 0 Å². The lowest BCUT2D eigenvalue weighted by Crippen LogP contribution is -2.18. The maximum absolute atomic E-state index is 12.7. The number of amides is 1. The second kappa shape index (κ2) is 9.04. The lowest BCUT2D eigenvalue weighted by Gasteiger charge is -2.24. The van der Waals surface area contributed by atoms with Crippen LogP contribution < -0.4 is 15.0 Å². The molecule has 0 bridgehead atoms. The minimum Gasteiger partial charge on any atom is -0.494 e. The second-order valence-electron chi connectivity index (χ2n) is 6.39. The highest BCUT2D eigenvalue weighted by atomic mass is 16.5. The van der Waals surface area contributed by atoms with E-state index in [4.69, 9.17) is 4.74 Å². The third-order valence-corrected chi connectivity index (χ3v) is 4.34. The largest absolute Gasteiger partial charge is 0.494 e. The smallest absolute Gasteiger partial charge is 0.274 e. The van der Waals surface area contributed by atoms with Crippen LogP contribution in [0.2, 0.25) is 0 Å². The molecule has 1 amide bonds. The molecule has 5 heteroatoms. The SMILES string of the molecule is CCOc1ccc(NC(=O)c2cc(N(CC)c3cccc(C)c3)ccn2)cc1. The number of carbonyl (C=O) groups is 1. The van der Waals surface area contributed by atoms with Gasteiger partial charge in [-0.2, -0.15) is 0 Å². The molecular formula is C23H25N3O2. The summed E-state index contributed by atoms with van der Waals surface area (Å²) in [5.74, 6) is 0.531. The van der Waals surface area contributed by atoms with Gasteiger partial charge in [-0.05, 0) is 74.9 Å². The van der Waals surface area contributed by atoms with Crippen LogP contribution in [0.5, 0.6) is 5.75 Å². The van der Waals surface area contributed by atoms with E-state index in [1.54, 1.807) is 6.20 Å². The van der Waals surface area contributed by atoms with Gasteiger partial charge in [-0.1, -0.05) is 12.1 Å². The Bertz CT molecular complexity index is 939. The minimum atomic E-state index is -0.244. The molecule has 0 spiro atoms. The van der Waals surface area contributed by atoms with Crippen LogP contribution in [0.3, 0.4) is 0 Å². The highest BCUT2D eigenvalue weighted by Gasteiger charge is 2.13. The fourth-order valence-electron chi connectivity index (χ4n) is 3.02. The van der Waals surface area contributed by atoms with Crippen molar-refractivity contribution in [2.24, 2.45) is 0 Å². The number of rotatable bonds is 7. The summed E-state index contributed by atoms with van der Waals surface area (Å²) in [7, 11) is 0. The number of ether oxygens (including phenoxy) is 1. The van der Waals surface area contributed by atoms with Gasteiger partial charge in [0.25, 0.3) is 5.91 Å². The van der Waals surface area contributed by atoms with Crippen molar-refractivity contribution in [2.75, 3.05) is 23.4 Å². The zero-order chi connectivity index (χ0) is 19.9. The van der Waals surface area contributed by atoms with Crippen molar-refractivity contribution in [2.45, 2.75) is 20.8 Å². The Hall–Kier alpha value is -3.34. The fourth-order valence-corrected chi connectivity index (χ4v) is 3.02. The number of aryl methyl sites for hydroxylation is 1. The van der Waals surface area contributed by atoms with Crippen molar-refractivity contribution in [3.63, 3.8) is 0 Å². The number of hydrogen-bond acceptors (Lipinski definition) is 4. The lowest BCUT2D eigenvalue weighted by atomic mass is 10.2. The number of anilines is 3. The maximum atomic E-state index is 12.7. The highest BCUT2D eigenvalue weighted by molar-refractivity contribution is 6.03. The van der Waals surface area contributed by atoms with Crippen molar-refractivity contribution in [3.8, 4) is 5.75 Å². The number of hydrogen-bond donors (Lipinski definition) is 1. The van der Waals surface area contributed by atoms with E-state index in [0.717, 1.165) is 23.7 Å². The van der Waals surface area contributed by atoms with Gasteiger partial charge in [-0.25, -0.2) is 0 Å². The van der Waals surface area contributed by atoms with Crippen LogP contribution in [0, 0.1) is 6.92 Å². The number of nitrogens with one attached hydrogen (secondary N) is 1. The van der Waals surface area contributed by atoms with Crippen molar-refractivity contribution in [1.29, 1.82) is 0 Å². The Kier molecular flexibility index (Phi) is 6.27. The van der Waals surface area contributed by atoms with Gasteiger partial charge in [0.1, 0.15) is 11.4 Å². The van der Waals surface area contributed by atoms with E-state index in [1.165, 1.54) is 5.56 Å². The molecule has 0 saturated carbocycles. The Morgan fingerprint density at radius 3 is 2.46 bits per heavy atom. The summed E-state index contributed by atoms with van der Waals surface area (Å²) in [6.07, 6.45) is 1.67. The van der Waals surface area contributed by atoms with Gasteiger partial charge in [-0.3, -0.25) is 9.78 Å². The predicted octanol–water partition coefficient (Wildman–Crippen LogP) is 5.20. The van der Waals surface area contributed by atoms with Gasteiger partial charge in [0.2, 0.25) is 0 Å². The van der Waals surface area contributed by atoms with Gasteiger partial charge in [-0.15, -0.1) is 0 Å². The molecule has 0 unspecified atom stereocenters. The van der Waals surface area contributed by atoms with Crippen LogP contribution in [0.25, 0.3) is 0 Å². The first-order valence-electron chi connectivity index (χ1n) is 9.45. The molecule has 144 valence electrons. The van der Waals surface area contributed by atoms with Crippen molar-refractivity contribution in [1.82, 2.24) is 4.98 Å². The van der Waals surface area contributed by atoms with Gasteiger partial charge in [0.15, 0.2) is 0 Å². The van der Waals surface area contributed by atoms with Gasteiger partial charge in [0.05, 0.1) is 6.61 Å². The third kappa shape index (κ3) is 4.68. The average molecular weight is 375 g/mol. The zero-order valence-corrected chi connectivity index (χ0v) is 16.5. The molecule has 0 radical (unpaired) electrons. The molecule has 0 saturated heterocycles.